The highest BCUT2D eigenvalue weighted by Crippen LogP contribution is 2.37. The highest BCUT2D eigenvalue weighted by molar-refractivity contribution is 6.01. The third-order valence-corrected chi connectivity index (χ3v) is 5.67. The minimum Gasteiger partial charge on any atom is -0.483 e. The van der Waals surface area contributed by atoms with Gasteiger partial charge in [-0.25, -0.2) is 0 Å². The number of rotatable bonds is 6. The molecule has 1 aliphatic heterocycles. The number of nitrogens with one attached hydrogen (secondary N) is 1. The summed E-state index contributed by atoms with van der Waals surface area (Å²) in [5.74, 6) is 0.929. The lowest BCUT2D eigenvalue weighted by molar-refractivity contribution is -0.125. The summed E-state index contributed by atoms with van der Waals surface area (Å²) in [4.78, 5) is 27.2. The summed E-state index contributed by atoms with van der Waals surface area (Å²) < 4.78 is 11.5. The smallest absolute Gasteiger partial charge is 0.268 e. The number of nitrogens with zero attached hydrogens (tertiary/aromatic N) is 1. The van der Waals surface area contributed by atoms with E-state index in [1.165, 1.54) is 0 Å². The topological polar surface area (TPSA) is 67.9 Å². The van der Waals surface area contributed by atoms with Gasteiger partial charge in [-0.15, -0.1) is 0 Å². The van der Waals surface area contributed by atoms with Gasteiger partial charge < -0.3 is 19.7 Å². The number of amides is 2. The fraction of sp³-hybridized carbons (Fsp3) is 0.259. The summed E-state index contributed by atoms with van der Waals surface area (Å²) >= 11 is 0. The average molecular weight is 445 g/mol. The Bertz CT molecular complexity index is 1170. The molecule has 0 aliphatic carbocycles. The minimum absolute atomic E-state index is 0.109. The number of benzene rings is 3. The fourth-order valence-corrected chi connectivity index (χ4v) is 3.89. The number of hydrogen-bond acceptors (Lipinski definition) is 4. The van der Waals surface area contributed by atoms with Crippen molar-refractivity contribution in [2.45, 2.75) is 40.3 Å². The van der Waals surface area contributed by atoms with Crippen molar-refractivity contribution >= 4 is 23.2 Å². The standard InChI is InChI=1S/C27H28N2O4/c1-17-8-10-21(11-9-17)15-29-23-14-22(12-13-24(23)33-20(4)27(29)31)28-25(30)16-32-26-18(2)6-5-7-19(26)3/h5-14,20H,15-16H2,1-4H3,(H,28,30). The normalized spacial score (nSPS) is 15.0. The lowest BCUT2D eigenvalue weighted by atomic mass is 10.1. The maximum atomic E-state index is 12.9. The van der Waals surface area contributed by atoms with Crippen LogP contribution in [0.3, 0.4) is 0 Å². The second-order valence-electron chi connectivity index (χ2n) is 8.41. The van der Waals surface area contributed by atoms with Gasteiger partial charge in [0.15, 0.2) is 12.7 Å². The van der Waals surface area contributed by atoms with Gasteiger partial charge in [-0.3, -0.25) is 9.59 Å². The van der Waals surface area contributed by atoms with Gasteiger partial charge in [-0.05, 0) is 62.6 Å². The van der Waals surface area contributed by atoms with Crippen LogP contribution in [0.4, 0.5) is 11.4 Å². The van der Waals surface area contributed by atoms with Crippen molar-refractivity contribution in [1.29, 1.82) is 0 Å². The van der Waals surface area contributed by atoms with Crippen LogP contribution in [0.25, 0.3) is 0 Å². The summed E-state index contributed by atoms with van der Waals surface area (Å²) in [6.07, 6.45) is -0.575. The first-order valence-corrected chi connectivity index (χ1v) is 11.0. The van der Waals surface area contributed by atoms with Crippen LogP contribution in [0.1, 0.15) is 29.2 Å². The van der Waals surface area contributed by atoms with Gasteiger partial charge in [0.1, 0.15) is 11.5 Å². The molecule has 3 aromatic rings. The van der Waals surface area contributed by atoms with E-state index in [1.807, 2.05) is 63.2 Å². The molecule has 4 rings (SSSR count). The van der Waals surface area contributed by atoms with Crippen molar-refractivity contribution in [3.63, 3.8) is 0 Å². The van der Waals surface area contributed by atoms with Crippen molar-refractivity contribution in [3.05, 3.63) is 82.9 Å². The first kappa shape index (κ1) is 22.4. The van der Waals surface area contributed by atoms with Crippen LogP contribution in [-0.4, -0.2) is 24.5 Å². The van der Waals surface area contributed by atoms with Gasteiger partial charge in [0.05, 0.1) is 12.2 Å². The molecule has 1 aliphatic rings. The number of ether oxygens (including phenoxy) is 2. The second-order valence-corrected chi connectivity index (χ2v) is 8.41. The average Bonchev–Trinajstić information content (AvgIpc) is 2.78. The predicted octanol–water partition coefficient (Wildman–Crippen LogP) is 4.94. The summed E-state index contributed by atoms with van der Waals surface area (Å²) in [6.45, 7) is 7.98. The van der Waals surface area contributed by atoms with Gasteiger partial charge >= 0.3 is 0 Å². The Morgan fingerprint density at radius 1 is 1.03 bits per heavy atom. The van der Waals surface area contributed by atoms with Gasteiger partial charge in [0, 0.05) is 5.69 Å². The van der Waals surface area contributed by atoms with Gasteiger partial charge in [-0.2, -0.15) is 0 Å². The van der Waals surface area contributed by atoms with E-state index < -0.39 is 6.10 Å². The lowest BCUT2D eigenvalue weighted by Gasteiger charge is -2.33. The van der Waals surface area contributed by atoms with Crippen LogP contribution in [0.5, 0.6) is 11.5 Å². The van der Waals surface area contributed by atoms with Crippen LogP contribution in [0, 0.1) is 20.8 Å². The quantitative estimate of drug-likeness (QED) is 0.585. The van der Waals surface area contributed by atoms with Crippen molar-refractivity contribution < 1.29 is 19.1 Å². The zero-order valence-electron chi connectivity index (χ0n) is 19.3. The third-order valence-electron chi connectivity index (χ3n) is 5.67. The molecule has 33 heavy (non-hydrogen) atoms. The van der Waals surface area contributed by atoms with E-state index in [1.54, 1.807) is 30.0 Å². The number of hydrogen-bond donors (Lipinski definition) is 1. The van der Waals surface area contributed by atoms with Crippen LogP contribution in [-0.2, 0) is 16.1 Å². The van der Waals surface area contributed by atoms with Crippen molar-refractivity contribution in [2.75, 3.05) is 16.8 Å². The van der Waals surface area contributed by atoms with E-state index in [2.05, 4.69) is 5.32 Å². The monoisotopic (exact) mass is 444 g/mol. The molecule has 1 heterocycles. The number of carbonyl (C=O) groups excluding carboxylic acids is 2. The molecule has 170 valence electrons. The Labute approximate surface area is 194 Å². The van der Waals surface area contributed by atoms with Crippen LogP contribution in [0.2, 0.25) is 0 Å². The molecule has 0 saturated heterocycles. The number of carbonyl (C=O) groups is 2. The van der Waals surface area contributed by atoms with E-state index in [0.29, 0.717) is 23.7 Å². The number of aryl methyl sites for hydroxylation is 3. The highest BCUT2D eigenvalue weighted by atomic mass is 16.5. The predicted molar refractivity (Wildman–Crippen MR) is 129 cm³/mol. The lowest BCUT2D eigenvalue weighted by Crippen LogP contribution is -2.44. The van der Waals surface area contributed by atoms with E-state index in [-0.39, 0.29) is 18.4 Å². The molecule has 0 aromatic heterocycles. The van der Waals surface area contributed by atoms with E-state index in [0.717, 1.165) is 28.0 Å². The van der Waals surface area contributed by atoms with E-state index in [9.17, 15) is 9.59 Å². The van der Waals surface area contributed by atoms with Crippen molar-refractivity contribution in [3.8, 4) is 11.5 Å². The number of para-hydroxylation sites is 1. The molecule has 3 aromatic carbocycles. The van der Waals surface area contributed by atoms with Crippen LogP contribution < -0.4 is 19.7 Å². The number of anilines is 2. The van der Waals surface area contributed by atoms with E-state index in [4.69, 9.17) is 9.47 Å². The molecule has 2 amide bonds. The molecule has 1 atom stereocenters. The Kier molecular flexibility index (Phi) is 6.36. The first-order valence-electron chi connectivity index (χ1n) is 11.0. The zero-order chi connectivity index (χ0) is 23.5. The summed E-state index contributed by atoms with van der Waals surface area (Å²) in [5, 5.41) is 2.86. The van der Waals surface area contributed by atoms with Crippen LogP contribution in [0.15, 0.2) is 60.7 Å². The SMILES string of the molecule is Cc1ccc(CN2C(=O)C(C)Oc3ccc(NC(=O)COc4c(C)cccc4C)cc32)cc1. The van der Waals surface area contributed by atoms with Gasteiger partial charge in [0.2, 0.25) is 0 Å². The summed E-state index contributed by atoms with van der Waals surface area (Å²) in [7, 11) is 0. The Morgan fingerprint density at radius 3 is 2.42 bits per heavy atom. The molecular formula is C27H28N2O4. The highest BCUT2D eigenvalue weighted by Gasteiger charge is 2.31. The van der Waals surface area contributed by atoms with Crippen LogP contribution >= 0.6 is 0 Å². The third kappa shape index (κ3) is 5.00. The second kappa shape index (κ2) is 9.36. The fourth-order valence-electron chi connectivity index (χ4n) is 3.89. The molecule has 0 fully saturated rings. The minimum atomic E-state index is -0.575. The van der Waals surface area contributed by atoms with Gasteiger partial charge in [-0.1, -0.05) is 48.0 Å². The molecule has 0 bridgehead atoms. The van der Waals surface area contributed by atoms with Crippen molar-refractivity contribution in [2.24, 2.45) is 0 Å². The van der Waals surface area contributed by atoms with Crippen molar-refractivity contribution in [1.82, 2.24) is 0 Å². The molecule has 6 heteroatoms. The first-order chi connectivity index (χ1) is 15.8. The maximum absolute atomic E-state index is 12.9. The van der Waals surface area contributed by atoms with E-state index >= 15 is 0 Å². The zero-order valence-corrected chi connectivity index (χ0v) is 19.3. The molecule has 6 nitrogen and oxygen atoms in total. The Balaban J connectivity index is 1.51. The maximum Gasteiger partial charge on any atom is 0.268 e. The largest absolute Gasteiger partial charge is 0.483 e. The molecule has 1 N–H and O–H groups in total. The molecule has 0 spiro atoms. The Morgan fingerprint density at radius 2 is 1.73 bits per heavy atom. The molecule has 0 radical (unpaired) electrons. The Hall–Kier alpha value is -3.80. The molecular weight excluding hydrogens is 416 g/mol. The summed E-state index contributed by atoms with van der Waals surface area (Å²) in [6, 6.07) is 19.2. The molecule has 0 saturated carbocycles. The molecule has 1 unspecified atom stereocenters. The van der Waals surface area contributed by atoms with Gasteiger partial charge in [0.25, 0.3) is 11.8 Å². The number of fused-ring (bicyclic) bond motifs is 1. The summed E-state index contributed by atoms with van der Waals surface area (Å²) in [5.41, 5.74) is 5.34.